The summed E-state index contributed by atoms with van der Waals surface area (Å²) in [5.41, 5.74) is 3.53. The fourth-order valence-electron chi connectivity index (χ4n) is 2.97. The molecule has 126 valence electrons. The summed E-state index contributed by atoms with van der Waals surface area (Å²) in [5.74, 6) is 0.206. The van der Waals surface area contributed by atoms with Gasteiger partial charge in [-0.25, -0.2) is 9.97 Å². The molecule has 2 aromatic rings. The number of nitrogens with zero attached hydrogens (tertiary/aromatic N) is 4. The molecular formula is C17H20ClN5O. The first kappa shape index (κ1) is 16.6. The third-order valence-corrected chi connectivity index (χ3v) is 4.38. The van der Waals surface area contributed by atoms with Crippen LogP contribution in [-0.4, -0.2) is 33.9 Å². The number of rotatable bonds is 3. The number of aromatic nitrogens is 3. The molecule has 0 saturated carbocycles. The highest BCUT2D eigenvalue weighted by molar-refractivity contribution is 6.34. The van der Waals surface area contributed by atoms with Crippen LogP contribution < -0.4 is 10.2 Å². The zero-order valence-electron chi connectivity index (χ0n) is 14.1. The van der Waals surface area contributed by atoms with Gasteiger partial charge in [0.2, 0.25) is 5.95 Å². The molecular weight excluding hydrogens is 326 g/mol. The van der Waals surface area contributed by atoms with Gasteiger partial charge in [0.15, 0.2) is 5.69 Å². The fourth-order valence-corrected chi connectivity index (χ4v) is 3.15. The van der Waals surface area contributed by atoms with Crippen molar-refractivity contribution in [3.8, 4) is 0 Å². The Balaban J connectivity index is 1.88. The van der Waals surface area contributed by atoms with E-state index < -0.39 is 0 Å². The van der Waals surface area contributed by atoms with Crippen molar-refractivity contribution in [2.75, 3.05) is 23.3 Å². The van der Waals surface area contributed by atoms with Gasteiger partial charge in [-0.15, -0.1) is 0 Å². The van der Waals surface area contributed by atoms with Crippen LogP contribution in [0.15, 0.2) is 12.3 Å². The minimum absolute atomic E-state index is 0.188. The number of amides is 1. The van der Waals surface area contributed by atoms with Crippen molar-refractivity contribution in [1.82, 2.24) is 15.0 Å². The van der Waals surface area contributed by atoms with Gasteiger partial charge in [-0.3, -0.25) is 9.78 Å². The summed E-state index contributed by atoms with van der Waals surface area (Å²) in [6, 6.07) is 1.93. The Hall–Kier alpha value is -2.21. The van der Waals surface area contributed by atoms with Crippen LogP contribution in [0.1, 0.15) is 40.3 Å². The molecule has 2 aromatic heterocycles. The van der Waals surface area contributed by atoms with Crippen molar-refractivity contribution < 1.29 is 4.79 Å². The van der Waals surface area contributed by atoms with E-state index >= 15 is 0 Å². The van der Waals surface area contributed by atoms with Gasteiger partial charge in [-0.05, 0) is 45.2 Å². The molecule has 1 amide bonds. The molecule has 1 aliphatic heterocycles. The number of carbonyl (C=O) groups is 1. The summed E-state index contributed by atoms with van der Waals surface area (Å²) in [4.78, 5) is 27.7. The summed E-state index contributed by atoms with van der Waals surface area (Å²) in [6.07, 6.45) is 3.71. The minimum Gasteiger partial charge on any atom is -0.341 e. The molecule has 0 aliphatic carbocycles. The van der Waals surface area contributed by atoms with Crippen LogP contribution >= 0.6 is 11.6 Å². The number of anilines is 2. The Kier molecular flexibility index (Phi) is 4.66. The van der Waals surface area contributed by atoms with E-state index in [2.05, 4.69) is 25.2 Å². The maximum Gasteiger partial charge on any atom is 0.276 e. The van der Waals surface area contributed by atoms with E-state index in [0.29, 0.717) is 11.6 Å². The lowest BCUT2D eigenvalue weighted by Crippen LogP contribution is -2.23. The third kappa shape index (κ3) is 3.33. The SMILES string of the molecule is Cc1cc(C)c(NC(=O)c2nc(N3CCCC3)ncc2Cl)c(C)n1. The normalized spacial score (nSPS) is 14.1. The van der Waals surface area contributed by atoms with Crippen molar-refractivity contribution >= 4 is 29.1 Å². The number of nitrogens with one attached hydrogen (secondary N) is 1. The molecule has 7 heteroatoms. The lowest BCUT2D eigenvalue weighted by Gasteiger charge is -2.16. The lowest BCUT2D eigenvalue weighted by molar-refractivity contribution is 0.102. The second-order valence-electron chi connectivity index (χ2n) is 6.06. The quantitative estimate of drug-likeness (QED) is 0.924. The van der Waals surface area contributed by atoms with Crippen LogP contribution in [0.2, 0.25) is 5.02 Å². The van der Waals surface area contributed by atoms with Gasteiger partial charge >= 0.3 is 0 Å². The molecule has 0 radical (unpaired) electrons. The van der Waals surface area contributed by atoms with Gasteiger partial charge in [0.25, 0.3) is 5.91 Å². The number of hydrogen-bond donors (Lipinski definition) is 1. The summed E-state index contributed by atoms with van der Waals surface area (Å²) >= 11 is 6.15. The molecule has 1 fully saturated rings. The molecule has 1 N–H and O–H groups in total. The van der Waals surface area contributed by atoms with E-state index in [4.69, 9.17) is 11.6 Å². The summed E-state index contributed by atoms with van der Waals surface area (Å²) in [6.45, 7) is 7.54. The molecule has 24 heavy (non-hydrogen) atoms. The van der Waals surface area contributed by atoms with Crippen molar-refractivity contribution in [2.45, 2.75) is 33.6 Å². The Morgan fingerprint density at radius 3 is 2.58 bits per heavy atom. The number of pyridine rings is 1. The van der Waals surface area contributed by atoms with Crippen LogP contribution in [-0.2, 0) is 0 Å². The zero-order valence-corrected chi connectivity index (χ0v) is 14.8. The first-order valence-electron chi connectivity index (χ1n) is 7.99. The van der Waals surface area contributed by atoms with Crippen LogP contribution in [0, 0.1) is 20.8 Å². The van der Waals surface area contributed by atoms with Crippen molar-refractivity contribution in [2.24, 2.45) is 0 Å². The first-order chi connectivity index (χ1) is 11.5. The predicted molar refractivity (Wildman–Crippen MR) is 94.9 cm³/mol. The van der Waals surface area contributed by atoms with E-state index in [0.717, 1.165) is 42.9 Å². The highest BCUT2D eigenvalue weighted by Gasteiger charge is 2.20. The molecule has 0 unspecified atom stereocenters. The minimum atomic E-state index is -0.347. The number of halogens is 1. The van der Waals surface area contributed by atoms with Gasteiger partial charge in [-0.1, -0.05) is 11.6 Å². The Labute approximate surface area is 146 Å². The maximum atomic E-state index is 12.7. The maximum absolute atomic E-state index is 12.7. The summed E-state index contributed by atoms with van der Waals surface area (Å²) in [7, 11) is 0. The lowest BCUT2D eigenvalue weighted by atomic mass is 10.1. The van der Waals surface area contributed by atoms with E-state index in [1.165, 1.54) is 6.20 Å². The molecule has 3 heterocycles. The standard InChI is InChI=1S/C17H20ClN5O/c1-10-8-11(2)20-12(3)14(10)21-16(24)15-13(18)9-19-17(22-15)23-6-4-5-7-23/h8-9H,4-7H2,1-3H3,(H,21,24). The smallest absolute Gasteiger partial charge is 0.276 e. The molecule has 0 atom stereocenters. The molecule has 0 bridgehead atoms. The van der Waals surface area contributed by atoms with Crippen molar-refractivity contribution in [1.29, 1.82) is 0 Å². The summed E-state index contributed by atoms with van der Waals surface area (Å²) in [5, 5.41) is 3.13. The highest BCUT2D eigenvalue weighted by Crippen LogP contribution is 2.23. The average Bonchev–Trinajstić information content (AvgIpc) is 3.05. The van der Waals surface area contributed by atoms with Crippen LogP contribution in [0.3, 0.4) is 0 Å². The number of aryl methyl sites for hydroxylation is 3. The molecule has 6 nitrogen and oxygen atoms in total. The number of carbonyl (C=O) groups excluding carboxylic acids is 1. The second-order valence-corrected chi connectivity index (χ2v) is 6.46. The van der Waals surface area contributed by atoms with Gasteiger partial charge in [-0.2, -0.15) is 0 Å². The Morgan fingerprint density at radius 1 is 1.21 bits per heavy atom. The highest BCUT2D eigenvalue weighted by atomic mass is 35.5. The third-order valence-electron chi connectivity index (χ3n) is 4.10. The Bertz CT molecular complexity index is 764. The van der Waals surface area contributed by atoms with Crippen LogP contribution in [0.25, 0.3) is 0 Å². The zero-order chi connectivity index (χ0) is 17.3. The van der Waals surface area contributed by atoms with Gasteiger partial charge in [0.1, 0.15) is 0 Å². The molecule has 3 rings (SSSR count). The van der Waals surface area contributed by atoms with Crippen molar-refractivity contribution in [3.05, 3.63) is 39.9 Å². The van der Waals surface area contributed by atoms with Gasteiger partial charge < -0.3 is 10.2 Å². The summed E-state index contributed by atoms with van der Waals surface area (Å²) < 4.78 is 0. The van der Waals surface area contributed by atoms with E-state index in [9.17, 15) is 4.79 Å². The monoisotopic (exact) mass is 345 g/mol. The molecule has 1 aliphatic rings. The van der Waals surface area contributed by atoms with Crippen LogP contribution in [0.4, 0.5) is 11.6 Å². The molecule has 0 aromatic carbocycles. The Morgan fingerprint density at radius 2 is 1.92 bits per heavy atom. The van der Waals surface area contributed by atoms with E-state index in [1.807, 2.05) is 26.8 Å². The largest absolute Gasteiger partial charge is 0.341 e. The molecule has 1 saturated heterocycles. The fraction of sp³-hybridized carbons (Fsp3) is 0.412. The second kappa shape index (κ2) is 6.73. The van der Waals surface area contributed by atoms with Gasteiger partial charge in [0, 0.05) is 18.8 Å². The van der Waals surface area contributed by atoms with Crippen LogP contribution in [0.5, 0.6) is 0 Å². The van der Waals surface area contributed by atoms with Crippen molar-refractivity contribution in [3.63, 3.8) is 0 Å². The number of hydrogen-bond acceptors (Lipinski definition) is 5. The first-order valence-corrected chi connectivity index (χ1v) is 8.37. The van der Waals surface area contributed by atoms with E-state index in [1.54, 1.807) is 0 Å². The topological polar surface area (TPSA) is 71.0 Å². The predicted octanol–water partition coefficient (Wildman–Crippen LogP) is 3.30. The van der Waals surface area contributed by atoms with Gasteiger partial charge in [0.05, 0.1) is 22.6 Å². The average molecular weight is 346 g/mol. The molecule has 0 spiro atoms. The van der Waals surface area contributed by atoms with E-state index in [-0.39, 0.29) is 16.6 Å².